The molecule has 0 aromatic heterocycles. The van der Waals surface area contributed by atoms with Gasteiger partial charge in [-0.2, -0.15) is 17.5 Å². The monoisotopic (exact) mass is 714 g/mol. The molecular formula is C37H39F5N4O3S. The Labute approximate surface area is 289 Å². The van der Waals surface area contributed by atoms with Crippen LogP contribution in [0.1, 0.15) is 46.0 Å². The third kappa shape index (κ3) is 9.67. The van der Waals surface area contributed by atoms with Gasteiger partial charge in [0, 0.05) is 56.1 Å². The maximum Gasteiger partial charge on any atom is 0.416 e. The number of halogens is 5. The van der Waals surface area contributed by atoms with Crippen molar-refractivity contribution in [3.63, 3.8) is 0 Å². The van der Waals surface area contributed by atoms with Crippen LogP contribution < -0.4 is 15.5 Å². The number of nitrogens with one attached hydrogen (secondary N) is 2. The Balaban J connectivity index is 1.21. The van der Waals surface area contributed by atoms with Crippen molar-refractivity contribution < 1.29 is 35.2 Å². The normalized spacial score (nSPS) is 14.8. The van der Waals surface area contributed by atoms with E-state index in [1.807, 2.05) is 12.1 Å². The minimum absolute atomic E-state index is 0.0234. The summed E-state index contributed by atoms with van der Waals surface area (Å²) in [4.78, 5) is 15.0. The van der Waals surface area contributed by atoms with E-state index in [1.54, 1.807) is 11.0 Å². The average molecular weight is 715 g/mol. The number of sulfonamides is 1. The lowest BCUT2D eigenvalue weighted by Crippen LogP contribution is -2.48. The van der Waals surface area contributed by atoms with Gasteiger partial charge >= 0.3 is 6.18 Å². The molecule has 0 saturated carbocycles. The van der Waals surface area contributed by atoms with E-state index >= 15 is 0 Å². The number of amides is 1. The minimum atomic E-state index is -4.48. The lowest BCUT2D eigenvalue weighted by molar-refractivity contribution is -0.137. The van der Waals surface area contributed by atoms with Gasteiger partial charge in [-0.3, -0.25) is 4.79 Å². The van der Waals surface area contributed by atoms with Crippen molar-refractivity contribution in [2.45, 2.75) is 49.8 Å². The van der Waals surface area contributed by atoms with Gasteiger partial charge in [-0.25, -0.2) is 17.2 Å². The van der Waals surface area contributed by atoms with Crippen LogP contribution in [0.3, 0.4) is 0 Å². The zero-order chi connectivity index (χ0) is 35.9. The molecule has 1 amide bonds. The number of anilines is 1. The molecule has 1 atom stereocenters. The van der Waals surface area contributed by atoms with Crippen molar-refractivity contribution >= 4 is 21.6 Å². The number of rotatable bonds is 13. The second-order valence-corrected chi connectivity index (χ2v) is 14.2. The average Bonchev–Trinajstić information content (AvgIpc) is 3.09. The van der Waals surface area contributed by atoms with Crippen LogP contribution in [-0.4, -0.2) is 57.4 Å². The third-order valence-corrected chi connectivity index (χ3v) is 10.6. The van der Waals surface area contributed by atoms with Gasteiger partial charge in [-0.15, -0.1) is 0 Å². The van der Waals surface area contributed by atoms with E-state index < -0.39 is 45.3 Å². The van der Waals surface area contributed by atoms with Gasteiger partial charge in [0.25, 0.3) is 5.91 Å². The van der Waals surface area contributed by atoms with E-state index in [0.717, 1.165) is 30.2 Å². The molecule has 4 aromatic rings. The summed E-state index contributed by atoms with van der Waals surface area (Å²) in [6.45, 7) is 3.76. The Morgan fingerprint density at radius 3 is 2.14 bits per heavy atom. The highest BCUT2D eigenvalue weighted by Crippen LogP contribution is 2.32. The van der Waals surface area contributed by atoms with Crippen molar-refractivity contribution in [1.82, 2.24) is 14.9 Å². The molecule has 13 heteroatoms. The molecule has 266 valence electrons. The second-order valence-electron chi connectivity index (χ2n) is 12.3. The molecule has 2 N–H and O–H groups in total. The summed E-state index contributed by atoms with van der Waals surface area (Å²) in [6, 6.07) is 21.4. The van der Waals surface area contributed by atoms with Gasteiger partial charge < -0.3 is 15.5 Å². The van der Waals surface area contributed by atoms with Crippen molar-refractivity contribution in [3.8, 4) is 0 Å². The number of nitrogens with zero attached hydrogens (tertiary/aromatic N) is 2. The van der Waals surface area contributed by atoms with Gasteiger partial charge in [-0.1, -0.05) is 37.3 Å². The van der Waals surface area contributed by atoms with E-state index in [0.29, 0.717) is 30.8 Å². The largest absolute Gasteiger partial charge is 0.416 e. The molecule has 7 nitrogen and oxygen atoms in total. The first kappa shape index (κ1) is 36.9. The summed E-state index contributed by atoms with van der Waals surface area (Å²) in [6.07, 6.45) is -2.93. The molecule has 1 heterocycles. The first-order valence-electron chi connectivity index (χ1n) is 16.4. The maximum absolute atomic E-state index is 13.9. The zero-order valence-corrected chi connectivity index (χ0v) is 28.3. The number of carbonyl (C=O) groups excluding carboxylic acids is 1. The van der Waals surface area contributed by atoms with Crippen LogP contribution in [0.5, 0.6) is 0 Å². The highest BCUT2D eigenvalue weighted by atomic mass is 32.2. The van der Waals surface area contributed by atoms with Crippen molar-refractivity contribution in [1.29, 1.82) is 0 Å². The van der Waals surface area contributed by atoms with Gasteiger partial charge in [0.2, 0.25) is 10.0 Å². The maximum atomic E-state index is 13.9. The minimum Gasteiger partial charge on any atom is -0.369 e. The molecule has 0 radical (unpaired) electrons. The summed E-state index contributed by atoms with van der Waals surface area (Å²) in [5, 5.41) is 6.29. The summed E-state index contributed by atoms with van der Waals surface area (Å²) < 4.78 is 95.5. The number of hydrogen-bond acceptors (Lipinski definition) is 5. The molecule has 0 bridgehead atoms. The Morgan fingerprint density at radius 2 is 1.48 bits per heavy atom. The Hall–Kier alpha value is -4.33. The van der Waals surface area contributed by atoms with E-state index in [-0.39, 0.29) is 43.1 Å². The summed E-state index contributed by atoms with van der Waals surface area (Å²) in [5.74, 6) is -1.90. The van der Waals surface area contributed by atoms with Gasteiger partial charge in [-0.05, 0) is 97.1 Å². The molecule has 4 aromatic carbocycles. The molecule has 50 heavy (non-hydrogen) atoms. The first-order chi connectivity index (χ1) is 23.8. The molecule has 1 aliphatic heterocycles. The molecule has 1 saturated heterocycles. The van der Waals surface area contributed by atoms with Crippen molar-refractivity contribution in [2.24, 2.45) is 0 Å². The second kappa shape index (κ2) is 16.1. The lowest BCUT2D eigenvalue weighted by Gasteiger charge is -2.35. The quantitative estimate of drug-likeness (QED) is 0.121. The van der Waals surface area contributed by atoms with Gasteiger partial charge in [0.15, 0.2) is 0 Å². The van der Waals surface area contributed by atoms with Crippen molar-refractivity contribution in [2.75, 3.05) is 37.6 Å². The number of aryl methyl sites for hydroxylation is 1. The van der Waals surface area contributed by atoms with E-state index in [9.17, 15) is 35.2 Å². The fraction of sp³-hybridized carbons (Fsp3) is 0.324. The van der Waals surface area contributed by atoms with Crippen LogP contribution in [0.4, 0.5) is 27.6 Å². The fourth-order valence-corrected chi connectivity index (χ4v) is 7.39. The molecule has 5 rings (SSSR count). The van der Waals surface area contributed by atoms with E-state index in [4.69, 9.17) is 0 Å². The zero-order valence-electron chi connectivity index (χ0n) is 27.5. The highest BCUT2D eigenvalue weighted by molar-refractivity contribution is 7.89. The van der Waals surface area contributed by atoms with Crippen LogP contribution in [0.25, 0.3) is 0 Å². The number of carbonyl (C=O) groups is 1. The Kier molecular flexibility index (Phi) is 11.9. The summed E-state index contributed by atoms with van der Waals surface area (Å²) >= 11 is 0. The SMILES string of the molecule is CCc1cccc(CNCC[C@H](Cc2cc(F)cc(F)c2)NC(=O)c2ccc(S(=O)(=O)N3CCN(c4cccc(C(F)(F)F)c4)CC3)cc2)c1. The smallest absolute Gasteiger partial charge is 0.369 e. The Bertz CT molecular complexity index is 1860. The lowest BCUT2D eigenvalue weighted by atomic mass is 10.0. The topological polar surface area (TPSA) is 81.7 Å². The van der Waals surface area contributed by atoms with Crippen LogP contribution in [0.2, 0.25) is 0 Å². The number of benzene rings is 4. The molecule has 1 fully saturated rings. The van der Waals surface area contributed by atoms with Crippen LogP contribution >= 0.6 is 0 Å². The first-order valence-corrected chi connectivity index (χ1v) is 17.8. The predicted molar refractivity (Wildman–Crippen MR) is 182 cm³/mol. The van der Waals surface area contributed by atoms with E-state index in [1.165, 1.54) is 52.3 Å². The number of piperazine rings is 1. The summed E-state index contributed by atoms with van der Waals surface area (Å²) in [7, 11) is -3.94. The number of hydrogen-bond donors (Lipinski definition) is 2. The standard InChI is InChI=1S/C37H39F5N4O3S/c1-2-26-5-3-6-27(19-26)25-43-14-13-33(22-28-20-31(38)24-32(39)21-28)44-36(47)29-9-11-35(12-10-29)50(48,49)46-17-15-45(16-18-46)34-8-4-7-30(23-34)37(40,41)42/h3-12,19-21,23-24,33,43H,2,13-18,22,25H2,1H3,(H,44,47)/t33-/m1/s1. The fourth-order valence-electron chi connectivity index (χ4n) is 5.97. The molecular weight excluding hydrogens is 675 g/mol. The van der Waals surface area contributed by atoms with Crippen LogP contribution in [-0.2, 0) is 35.6 Å². The molecule has 0 spiro atoms. The summed E-state index contributed by atoms with van der Waals surface area (Å²) in [5.41, 5.74) is 2.53. The molecule has 0 unspecified atom stereocenters. The van der Waals surface area contributed by atoms with Crippen LogP contribution in [0, 0.1) is 11.6 Å². The molecule has 0 aliphatic carbocycles. The van der Waals surface area contributed by atoms with Gasteiger partial charge in [0.05, 0.1) is 10.5 Å². The Morgan fingerprint density at radius 1 is 0.820 bits per heavy atom. The predicted octanol–water partition coefficient (Wildman–Crippen LogP) is 6.58. The number of alkyl halides is 3. The van der Waals surface area contributed by atoms with E-state index in [2.05, 4.69) is 29.7 Å². The molecule has 1 aliphatic rings. The highest BCUT2D eigenvalue weighted by Gasteiger charge is 2.32. The third-order valence-electron chi connectivity index (χ3n) is 8.67. The van der Waals surface area contributed by atoms with Gasteiger partial charge in [0.1, 0.15) is 11.6 Å². The van der Waals surface area contributed by atoms with Crippen LogP contribution in [0.15, 0.2) is 95.9 Å². The van der Waals surface area contributed by atoms with Crippen molar-refractivity contribution in [3.05, 3.63) is 130 Å².